The van der Waals surface area contributed by atoms with Gasteiger partial charge in [0, 0.05) is 24.3 Å². The standard InChI is InChI=1S/C14H10ClN3O2S/c15-10-2-3-12-17-11(7-18(12)6-10)8-21-13-4-1-9(5-16-13)14(19)20/h1-7H,8H2,(H,19,20). The molecule has 3 aromatic heterocycles. The zero-order valence-corrected chi connectivity index (χ0v) is 12.3. The normalized spacial score (nSPS) is 10.9. The fourth-order valence-corrected chi connectivity index (χ4v) is 2.72. The van der Waals surface area contributed by atoms with Gasteiger partial charge in [-0.05, 0) is 24.3 Å². The molecule has 0 spiro atoms. The Balaban J connectivity index is 1.72. The van der Waals surface area contributed by atoms with Gasteiger partial charge in [0.15, 0.2) is 0 Å². The van der Waals surface area contributed by atoms with Gasteiger partial charge in [-0.25, -0.2) is 14.8 Å². The first-order valence-corrected chi connectivity index (χ1v) is 7.43. The van der Waals surface area contributed by atoms with E-state index < -0.39 is 5.97 Å². The molecule has 0 unspecified atom stereocenters. The van der Waals surface area contributed by atoms with Crippen molar-refractivity contribution in [3.8, 4) is 0 Å². The lowest BCUT2D eigenvalue weighted by Gasteiger charge is -1.99. The van der Waals surface area contributed by atoms with Crippen LogP contribution in [0.3, 0.4) is 0 Å². The number of fused-ring (bicyclic) bond motifs is 1. The average molecular weight is 320 g/mol. The Morgan fingerprint density at radius 1 is 1.29 bits per heavy atom. The van der Waals surface area contributed by atoms with Crippen LogP contribution in [0.4, 0.5) is 0 Å². The van der Waals surface area contributed by atoms with Crippen molar-refractivity contribution in [2.45, 2.75) is 10.8 Å². The Labute approximate surface area is 129 Å². The molecule has 0 atom stereocenters. The van der Waals surface area contributed by atoms with Crippen LogP contribution in [-0.4, -0.2) is 25.4 Å². The number of pyridine rings is 2. The van der Waals surface area contributed by atoms with Crippen molar-refractivity contribution < 1.29 is 9.90 Å². The summed E-state index contributed by atoms with van der Waals surface area (Å²) in [6.45, 7) is 0. The van der Waals surface area contributed by atoms with E-state index in [1.54, 1.807) is 24.4 Å². The van der Waals surface area contributed by atoms with Crippen LogP contribution in [0.1, 0.15) is 16.1 Å². The smallest absolute Gasteiger partial charge is 0.337 e. The molecule has 5 nitrogen and oxygen atoms in total. The highest BCUT2D eigenvalue weighted by atomic mass is 35.5. The van der Waals surface area contributed by atoms with Gasteiger partial charge in [0.25, 0.3) is 0 Å². The first-order valence-electron chi connectivity index (χ1n) is 6.07. The lowest BCUT2D eigenvalue weighted by molar-refractivity contribution is 0.0696. The maximum atomic E-state index is 10.7. The number of aromatic carboxylic acids is 1. The second-order valence-electron chi connectivity index (χ2n) is 4.32. The number of carboxylic acid groups (broad SMARTS) is 1. The third-order valence-corrected chi connectivity index (χ3v) is 4.02. The predicted molar refractivity (Wildman–Crippen MR) is 81.0 cm³/mol. The molecule has 0 radical (unpaired) electrons. The molecule has 21 heavy (non-hydrogen) atoms. The molecule has 0 saturated heterocycles. The van der Waals surface area contributed by atoms with Crippen LogP contribution in [0, 0.1) is 0 Å². The molecule has 0 aliphatic heterocycles. The van der Waals surface area contributed by atoms with E-state index in [0.29, 0.717) is 10.8 Å². The van der Waals surface area contributed by atoms with E-state index in [4.69, 9.17) is 16.7 Å². The van der Waals surface area contributed by atoms with Crippen LogP contribution < -0.4 is 0 Å². The Morgan fingerprint density at radius 3 is 2.86 bits per heavy atom. The van der Waals surface area contributed by atoms with Gasteiger partial charge in [-0.2, -0.15) is 0 Å². The van der Waals surface area contributed by atoms with Crippen molar-refractivity contribution in [2.75, 3.05) is 0 Å². The van der Waals surface area contributed by atoms with E-state index in [2.05, 4.69) is 9.97 Å². The van der Waals surface area contributed by atoms with Gasteiger partial charge < -0.3 is 9.51 Å². The number of thioether (sulfide) groups is 1. The van der Waals surface area contributed by atoms with E-state index in [1.165, 1.54) is 18.0 Å². The third-order valence-electron chi connectivity index (χ3n) is 2.82. The summed E-state index contributed by atoms with van der Waals surface area (Å²) >= 11 is 7.43. The van der Waals surface area contributed by atoms with Gasteiger partial charge in [-0.3, -0.25) is 0 Å². The number of carbonyl (C=O) groups is 1. The summed E-state index contributed by atoms with van der Waals surface area (Å²) in [6.07, 6.45) is 5.08. The van der Waals surface area contributed by atoms with Crippen molar-refractivity contribution in [3.63, 3.8) is 0 Å². The maximum absolute atomic E-state index is 10.7. The van der Waals surface area contributed by atoms with E-state index >= 15 is 0 Å². The quantitative estimate of drug-likeness (QED) is 0.747. The van der Waals surface area contributed by atoms with Crippen LogP contribution in [-0.2, 0) is 5.75 Å². The Morgan fingerprint density at radius 2 is 2.14 bits per heavy atom. The molecule has 3 rings (SSSR count). The monoisotopic (exact) mass is 319 g/mol. The number of rotatable bonds is 4. The van der Waals surface area contributed by atoms with Crippen LogP contribution in [0.2, 0.25) is 5.02 Å². The minimum absolute atomic E-state index is 0.182. The van der Waals surface area contributed by atoms with E-state index in [-0.39, 0.29) is 5.56 Å². The first-order chi connectivity index (χ1) is 10.1. The largest absolute Gasteiger partial charge is 0.478 e. The molecule has 0 aromatic carbocycles. The van der Waals surface area contributed by atoms with Crippen LogP contribution >= 0.6 is 23.4 Å². The summed E-state index contributed by atoms with van der Waals surface area (Å²) in [7, 11) is 0. The summed E-state index contributed by atoms with van der Waals surface area (Å²) in [6, 6.07) is 6.89. The Hall–Kier alpha value is -2.05. The number of hydrogen-bond acceptors (Lipinski definition) is 4. The molecule has 106 valence electrons. The summed E-state index contributed by atoms with van der Waals surface area (Å²) < 4.78 is 1.87. The highest BCUT2D eigenvalue weighted by Gasteiger charge is 2.06. The van der Waals surface area contributed by atoms with Gasteiger partial charge in [0.05, 0.1) is 21.3 Å². The molecule has 7 heteroatoms. The topological polar surface area (TPSA) is 67.5 Å². The molecule has 0 bridgehead atoms. The average Bonchev–Trinajstić information content (AvgIpc) is 2.87. The molecule has 0 aliphatic carbocycles. The zero-order chi connectivity index (χ0) is 14.8. The van der Waals surface area contributed by atoms with E-state index in [9.17, 15) is 4.79 Å². The second kappa shape index (κ2) is 5.75. The predicted octanol–water partition coefficient (Wildman–Crippen LogP) is 3.37. The molecule has 1 N–H and O–H groups in total. The van der Waals surface area contributed by atoms with Crippen molar-refractivity contribution in [2.24, 2.45) is 0 Å². The van der Waals surface area contributed by atoms with Crippen molar-refractivity contribution in [1.29, 1.82) is 0 Å². The lowest BCUT2D eigenvalue weighted by Crippen LogP contribution is -1.96. The van der Waals surface area contributed by atoms with Crippen molar-refractivity contribution in [1.82, 2.24) is 14.4 Å². The minimum atomic E-state index is -0.976. The molecular formula is C14H10ClN3O2S. The minimum Gasteiger partial charge on any atom is -0.478 e. The summed E-state index contributed by atoms with van der Waals surface area (Å²) in [5, 5.41) is 10.2. The van der Waals surface area contributed by atoms with Gasteiger partial charge >= 0.3 is 5.97 Å². The molecule has 3 aromatic rings. The van der Waals surface area contributed by atoms with E-state index in [1.807, 2.05) is 16.7 Å². The number of halogens is 1. The second-order valence-corrected chi connectivity index (χ2v) is 5.76. The molecule has 3 heterocycles. The van der Waals surface area contributed by atoms with Gasteiger partial charge in [-0.15, -0.1) is 0 Å². The number of nitrogens with zero attached hydrogens (tertiary/aromatic N) is 3. The molecule has 0 amide bonds. The molecule has 0 saturated carbocycles. The number of imidazole rings is 1. The molecular weight excluding hydrogens is 310 g/mol. The first kappa shape index (κ1) is 13.9. The molecule has 0 fully saturated rings. The highest BCUT2D eigenvalue weighted by Crippen LogP contribution is 2.21. The van der Waals surface area contributed by atoms with Gasteiger partial charge in [-0.1, -0.05) is 23.4 Å². The van der Waals surface area contributed by atoms with Gasteiger partial charge in [0.2, 0.25) is 0 Å². The van der Waals surface area contributed by atoms with Crippen LogP contribution in [0.15, 0.2) is 47.9 Å². The third kappa shape index (κ3) is 3.17. The fraction of sp³-hybridized carbons (Fsp3) is 0.0714. The van der Waals surface area contributed by atoms with E-state index in [0.717, 1.165) is 16.4 Å². The van der Waals surface area contributed by atoms with Crippen LogP contribution in [0.5, 0.6) is 0 Å². The van der Waals surface area contributed by atoms with Crippen molar-refractivity contribution in [3.05, 3.63) is 59.1 Å². The highest BCUT2D eigenvalue weighted by molar-refractivity contribution is 7.98. The van der Waals surface area contributed by atoms with Gasteiger partial charge in [0.1, 0.15) is 5.65 Å². The lowest BCUT2D eigenvalue weighted by atomic mass is 10.3. The van der Waals surface area contributed by atoms with Crippen LogP contribution in [0.25, 0.3) is 5.65 Å². The Kier molecular flexibility index (Phi) is 3.81. The summed E-state index contributed by atoms with van der Waals surface area (Å²) in [4.78, 5) is 19.3. The number of hydrogen-bond donors (Lipinski definition) is 1. The number of aromatic nitrogens is 3. The Bertz CT molecular complexity index is 802. The zero-order valence-electron chi connectivity index (χ0n) is 10.7. The summed E-state index contributed by atoms with van der Waals surface area (Å²) in [5.74, 6) is -0.324. The maximum Gasteiger partial charge on any atom is 0.337 e. The number of carboxylic acids is 1. The van der Waals surface area contributed by atoms with Crippen molar-refractivity contribution >= 4 is 35.0 Å². The summed E-state index contributed by atoms with van der Waals surface area (Å²) in [5.41, 5.74) is 1.93. The molecule has 0 aliphatic rings. The SMILES string of the molecule is O=C(O)c1ccc(SCc2cn3cc(Cl)ccc3n2)nc1. The fourth-order valence-electron chi connectivity index (χ4n) is 1.83.